The molecule has 1 fully saturated rings. The maximum atomic E-state index is 13.1. The van der Waals surface area contributed by atoms with Crippen LogP contribution in [-0.2, 0) is 20.9 Å². The number of carbonyl (C=O) groups is 1. The number of sulfonamides is 1. The molecule has 0 bridgehead atoms. The number of ketones is 1. The van der Waals surface area contributed by atoms with Gasteiger partial charge in [0.15, 0.2) is 5.78 Å². The van der Waals surface area contributed by atoms with Crippen LogP contribution in [0.25, 0.3) is 0 Å². The van der Waals surface area contributed by atoms with E-state index in [9.17, 15) is 26.4 Å². The summed E-state index contributed by atoms with van der Waals surface area (Å²) in [6.45, 7) is 4.36. The number of nitrogens with zero attached hydrogens (tertiary/aromatic N) is 2. The van der Waals surface area contributed by atoms with Crippen LogP contribution in [0.1, 0.15) is 41.4 Å². The molecule has 0 spiro atoms. The maximum absolute atomic E-state index is 13.1. The third-order valence-corrected chi connectivity index (χ3v) is 7.88. The first kappa shape index (κ1) is 28.3. The Labute approximate surface area is 210 Å². The Morgan fingerprint density at radius 1 is 1.11 bits per heavy atom. The van der Waals surface area contributed by atoms with E-state index in [-0.39, 0.29) is 54.1 Å². The molecule has 1 N–H and O–H groups in total. The summed E-state index contributed by atoms with van der Waals surface area (Å²) in [6, 6.07) is 10.6. The summed E-state index contributed by atoms with van der Waals surface area (Å²) in [7, 11) is -0.187. The second-order valence-electron chi connectivity index (χ2n) is 9.26. The molecule has 2 aromatic carbocycles. The van der Waals surface area contributed by atoms with E-state index in [1.165, 1.54) is 34.6 Å². The molecule has 0 aromatic heterocycles. The normalized spacial score (nSPS) is 20.4. The monoisotopic (exact) mass is 527 g/mol. The van der Waals surface area contributed by atoms with Crippen molar-refractivity contribution in [2.24, 2.45) is 0 Å². The summed E-state index contributed by atoms with van der Waals surface area (Å²) in [6.07, 6.45) is -4.87. The van der Waals surface area contributed by atoms with Gasteiger partial charge in [-0.05, 0) is 57.8 Å². The van der Waals surface area contributed by atoms with Gasteiger partial charge in [-0.2, -0.15) is 17.5 Å². The van der Waals surface area contributed by atoms with Crippen molar-refractivity contribution < 1.29 is 31.1 Å². The highest BCUT2D eigenvalue weighted by Crippen LogP contribution is 2.30. The zero-order valence-corrected chi connectivity index (χ0v) is 21.6. The van der Waals surface area contributed by atoms with E-state index in [2.05, 4.69) is 5.32 Å². The number of hydrogen-bond acceptors (Lipinski definition) is 6. The van der Waals surface area contributed by atoms with Crippen LogP contribution in [0.15, 0.2) is 53.4 Å². The molecule has 3 rings (SSSR count). The third kappa shape index (κ3) is 6.92. The Balaban J connectivity index is 1.66. The topological polar surface area (TPSA) is 79.0 Å². The molecule has 36 heavy (non-hydrogen) atoms. The van der Waals surface area contributed by atoms with Gasteiger partial charge in [-0.1, -0.05) is 24.3 Å². The molecule has 0 radical (unpaired) electrons. The lowest BCUT2D eigenvalue weighted by molar-refractivity contribution is -0.137. The Bertz CT molecular complexity index is 1140. The first-order chi connectivity index (χ1) is 16.8. The molecule has 198 valence electrons. The van der Waals surface area contributed by atoms with Gasteiger partial charge < -0.3 is 15.0 Å². The number of alkyl halides is 3. The first-order valence-corrected chi connectivity index (χ1v) is 13.1. The minimum Gasteiger partial charge on any atom is -0.373 e. The van der Waals surface area contributed by atoms with Gasteiger partial charge >= 0.3 is 6.18 Å². The molecule has 3 atom stereocenters. The minimum absolute atomic E-state index is 0.0468. The molecule has 1 aliphatic heterocycles. The van der Waals surface area contributed by atoms with Crippen LogP contribution in [-0.4, -0.2) is 75.9 Å². The highest BCUT2D eigenvalue weighted by Gasteiger charge is 2.33. The summed E-state index contributed by atoms with van der Waals surface area (Å²) in [4.78, 5) is 14.7. The molecule has 1 saturated heterocycles. The summed E-state index contributed by atoms with van der Waals surface area (Å²) >= 11 is 0. The largest absolute Gasteiger partial charge is 0.416 e. The smallest absolute Gasteiger partial charge is 0.373 e. The summed E-state index contributed by atoms with van der Waals surface area (Å²) in [5, 5.41) is 3.05. The van der Waals surface area contributed by atoms with Gasteiger partial charge in [-0.15, -0.1) is 0 Å². The second-order valence-corrected chi connectivity index (χ2v) is 11.2. The van der Waals surface area contributed by atoms with Crippen molar-refractivity contribution in [1.29, 1.82) is 0 Å². The van der Waals surface area contributed by atoms with Crippen molar-refractivity contribution in [2.75, 3.05) is 40.3 Å². The molecule has 2 aromatic rings. The number of rotatable bonds is 9. The number of nitrogens with one attached hydrogen (secondary N) is 1. The Hall–Kier alpha value is -2.31. The SMILES string of the molecule is CC1CN(S(=O)(=O)c2cccc(C(=O)CNCC(c3ccc(C(F)(F)F)cc3)N(C)C)c2)CC(C)O1. The zero-order chi connectivity index (χ0) is 26.7. The molecular weight excluding hydrogens is 495 g/mol. The van der Waals surface area contributed by atoms with Crippen molar-refractivity contribution in [3.8, 4) is 0 Å². The number of likely N-dealkylation sites (N-methyl/N-ethyl adjacent to an activating group) is 1. The summed E-state index contributed by atoms with van der Waals surface area (Å²) < 4.78 is 71.9. The number of Topliss-reactive ketones (excluding diaryl/α,β-unsaturated/α-hetero) is 1. The first-order valence-electron chi connectivity index (χ1n) is 11.6. The molecule has 1 aliphatic rings. The lowest BCUT2D eigenvalue weighted by atomic mass is 10.0. The molecule has 0 saturated carbocycles. The number of carbonyl (C=O) groups excluding carboxylic acids is 1. The van der Waals surface area contributed by atoms with Gasteiger partial charge in [0.1, 0.15) is 0 Å². The molecular formula is C25H32F3N3O4S. The highest BCUT2D eigenvalue weighted by atomic mass is 32.2. The quantitative estimate of drug-likeness (QED) is 0.503. The predicted octanol–water partition coefficient (Wildman–Crippen LogP) is 3.58. The second kappa shape index (κ2) is 11.4. The molecule has 11 heteroatoms. The standard InChI is InChI=1S/C25H32F3N3O4S/c1-17-15-31(16-18(2)35-17)36(33,34)22-7-5-6-20(12-22)24(32)14-29-13-23(30(3)4)19-8-10-21(11-9-19)25(26,27)28/h5-12,17-18,23,29H,13-16H2,1-4H3. The van der Waals surface area contributed by atoms with Gasteiger partial charge in [0.05, 0.1) is 29.2 Å². The Kier molecular flexibility index (Phi) is 8.94. The molecule has 1 heterocycles. The highest BCUT2D eigenvalue weighted by molar-refractivity contribution is 7.89. The van der Waals surface area contributed by atoms with E-state index < -0.39 is 21.8 Å². The number of ether oxygens (including phenoxy) is 1. The lowest BCUT2D eigenvalue weighted by Crippen LogP contribution is -2.48. The van der Waals surface area contributed by atoms with Gasteiger partial charge in [-0.25, -0.2) is 8.42 Å². The van der Waals surface area contributed by atoms with E-state index in [1.54, 1.807) is 20.2 Å². The minimum atomic E-state index is -4.41. The maximum Gasteiger partial charge on any atom is 0.416 e. The molecule has 0 aliphatic carbocycles. The van der Waals surface area contributed by atoms with Gasteiger partial charge in [0.25, 0.3) is 0 Å². The van der Waals surface area contributed by atoms with E-state index in [0.29, 0.717) is 12.1 Å². The van der Waals surface area contributed by atoms with Gasteiger partial charge in [0, 0.05) is 31.2 Å². The Morgan fingerprint density at radius 3 is 2.28 bits per heavy atom. The van der Waals surface area contributed by atoms with E-state index in [4.69, 9.17) is 4.74 Å². The fourth-order valence-corrected chi connectivity index (χ4v) is 5.86. The van der Waals surface area contributed by atoms with Crippen molar-refractivity contribution in [3.63, 3.8) is 0 Å². The predicted molar refractivity (Wildman–Crippen MR) is 130 cm³/mol. The summed E-state index contributed by atoms with van der Waals surface area (Å²) in [5.74, 6) is -0.291. The summed E-state index contributed by atoms with van der Waals surface area (Å²) in [5.41, 5.74) is 0.214. The average Bonchev–Trinajstić information content (AvgIpc) is 2.80. The van der Waals surface area contributed by atoms with Crippen molar-refractivity contribution in [3.05, 3.63) is 65.2 Å². The fourth-order valence-electron chi connectivity index (χ4n) is 4.22. The zero-order valence-electron chi connectivity index (χ0n) is 20.7. The van der Waals surface area contributed by atoms with Crippen LogP contribution in [0.3, 0.4) is 0 Å². The van der Waals surface area contributed by atoms with Crippen LogP contribution >= 0.6 is 0 Å². The number of benzene rings is 2. The van der Waals surface area contributed by atoms with Gasteiger partial charge in [-0.3, -0.25) is 4.79 Å². The Morgan fingerprint density at radius 2 is 1.72 bits per heavy atom. The van der Waals surface area contributed by atoms with Crippen LogP contribution in [0.4, 0.5) is 13.2 Å². The van der Waals surface area contributed by atoms with Crippen LogP contribution < -0.4 is 5.32 Å². The van der Waals surface area contributed by atoms with Crippen LogP contribution in [0.2, 0.25) is 0 Å². The van der Waals surface area contributed by atoms with Crippen molar-refractivity contribution in [2.45, 2.75) is 43.2 Å². The van der Waals surface area contributed by atoms with E-state index >= 15 is 0 Å². The van der Waals surface area contributed by atoms with Gasteiger partial charge in [0.2, 0.25) is 10.0 Å². The van der Waals surface area contributed by atoms with Crippen LogP contribution in [0.5, 0.6) is 0 Å². The number of morpholine rings is 1. The average molecular weight is 528 g/mol. The van der Waals surface area contributed by atoms with Crippen molar-refractivity contribution in [1.82, 2.24) is 14.5 Å². The van der Waals surface area contributed by atoms with E-state index in [0.717, 1.165) is 12.1 Å². The van der Waals surface area contributed by atoms with Crippen molar-refractivity contribution >= 4 is 15.8 Å². The number of halogens is 3. The molecule has 3 unspecified atom stereocenters. The molecule has 0 amide bonds. The third-order valence-electron chi connectivity index (χ3n) is 6.05. The number of hydrogen-bond donors (Lipinski definition) is 1. The lowest BCUT2D eigenvalue weighted by Gasteiger charge is -2.34. The molecule has 7 nitrogen and oxygen atoms in total. The fraction of sp³-hybridized carbons (Fsp3) is 0.480. The van der Waals surface area contributed by atoms with Crippen LogP contribution in [0, 0.1) is 0 Å². The van der Waals surface area contributed by atoms with E-state index in [1.807, 2.05) is 18.7 Å².